The summed E-state index contributed by atoms with van der Waals surface area (Å²) in [5, 5.41) is 9.92. The molecular formula is C17H21BrN4O3. The largest absolute Gasteiger partial charge is 0.465 e. The lowest BCUT2D eigenvalue weighted by atomic mass is 10.2. The van der Waals surface area contributed by atoms with Crippen LogP contribution in [0, 0.1) is 13.8 Å². The fraction of sp³-hybridized carbons (Fsp3) is 0.471. The number of hydrogen-bond acceptors (Lipinski definition) is 4. The van der Waals surface area contributed by atoms with Gasteiger partial charge in [-0.2, -0.15) is 5.10 Å². The Balaban J connectivity index is 1.59. The maximum atomic E-state index is 12.4. The summed E-state index contributed by atoms with van der Waals surface area (Å²) in [5.74, 6) is 0.861. The van der Waals surface area contributed by atoms with Crippen molar-refractivity contribution in [1.82, 2.24) is 15.1 Å². The molecule has 7 nitrogen and oxygen atoms in total. The van der Waals surface area contributed by atoms with Gasteiger partial charge in [-0.3, -0.25) is 14.3 Å². The number of rotatable bonds is 5. The molecule has 0 radical (unpaired) electrons. The van der Waals surface area contributed by atoms with Gasteiger partial charge in [-0.05, 0) is 42.6 Å². The molecule has 134 valence electrons. The summed E-state index contributed by atoms with van der Waals surface area (Å²) in [5.41, 5.74) is 0.994. The van der Waals surface area contributed by atoms with Crippen LogP contribution in [0.4, 0.5) is 5.69 Å². The van der Waals surface area contributed by atoms with Crippen molar-refractivity contribution in [3.63, 3.8) is 0 Å². The van der Waals surface area contributed by atoms with Crippen LogP contribution < -0.4 is 10.6 Å². The summed E-state index contributed by atoms with van der Waals surface area (Å²) >= 11 is 3.37. The van der Waals surface area contributed by atoms with Crippen molar-refractivity contribution < 1.29 is 14.0 Å². The van der Waals surface area contributed by atoms with Gasteiger partial charge >= 0.3 is 0 Å². The molecule has 0 unspecified atom stereocenters. The molecule has 0 saturated heterocycles. The quantitative estimate of drug-likeness (QED) is 0.794. The highest BCUT2D eigenvalue weighted by molar-refractivity contribution is 9.10. The van der Waals surface area contributed by atoms with Crippen LogP contribution in [0.25, 0.3) is 0 Å². The number of nitrogens with zero attached hydrogens (tertiary/aromatic N) is 2. The van der Waals surface area contributed by atoms with Crippen LogP contribution in [0.5, 0.6) is 0 Å². The second-order valence-corrected chi connectivity index (χ2v) is 7.13. The lowest BCUT2D eigenvalue weighted by molar-refractivity contribution is -0.122. The van der Waals surface area contributed by atoms with E-state index < -0.39 is 0 Å². The van der Waals surface area contributed by atoms with Gasteiger partial charge in [0.1, 0.15) is 18.1 Å². The molecule has 1 aliphatic rings. The van der Waals surface area contributed by atoms with Crippen LogP contribution in [-0.4, -0.2) is 27.6 Å². The Morgan fingerprint density at radius 2 is 2.04 bits per heavy atom. The number of nitrogens with one attached hydrogen (secondary N) is 2. The highest BCUT2D eigenvalue weighted by Gasteiger charge is 2.21. The van der Waals surface area contributed by atoms with Gasteiger partial charge in [0.05, 0.1) is 21.9 Å². The maximum Gasteiger partial charge on any atom is 0.260 e. The van der Waals surface area contributed by atoms with E-state index in [-0.39, 0.29) is 24.4 Å². The topological polar surface area (TPSA) is 89.2 Å². The maximum absolute atomic E-state index is 12.4. The normalized spacial score (nSPS) is 14.7. The predicted molar refractivity (Wildman–Crippen MR) is 96.5 cm³/mol. The molecule has 2 amide bonds. The minimum Gasteiger partial charge on any atom is -0.465 e. The van der Waals surface area contributed by atoms with Crippen molar-refractivity contribution in [3.05, 3.63) is 34.0 Å². The molecule has 0 bridgehead atoms. The summed E-state index contributed by atoms with van der Waals surface area (Å²) in [7, 11) is 0. The molecule has 2 aromatic heterocycles. The van der Waals surface area contributed by atoms with Crippen LogP contribution in [0.1, 0.15) is 47.6 Å². The molecule has 8 heteroatoms. The van der Waals surface area contributed by atoms with E-state index in [9.17, 15) is 9.59 Å². The first kappa shape index (κ1) is 17.7. The lowest BCUT2D eigenvalue weighted by Crippen LogP contribution is -2.35. The molecule has 2 heterocycles. The van der Waals surface area contributed by atoms with E-state index in [0.29, 0.717) is 27.2 Å². The molecule has 1 saturated carbocycles. The molecule has 0 aromatic carbocycles. The van der Waals surface area contributed by atoms with E-state index in [1.807, 2.05) is 0 Å². The van der Waals surface area contributed by atoms with Crippen LogP contribution in [0.15, 0.2) is 21.3 Å². The second-order valence-electron chi connectivity index (χ2n) is 6.33. The minimum atomic E-state index is -0.281. The van der Waals surface area contributed by atoms with E-state index in [2.05, 4.69) is 31.7 Å². The first-order chi connectivity index (χ1) is 11.9. The van der Waals surface area contributed by atoms with Gasteiger partial charge in [-0.15, -0.1) is 0 Å². The molecule has 1 aliphatic carbocycles. The van der Waals surface area contributed by atoms with Crippen LogP contribution >= 0.6 is 15.9 Å². The zero-order chi connectivity index (χ0) is 18.0. The van der Waals surface area contributed by atoms with Gasteiger partial charge in [-0.1, -0.05) is 12.8 Å². The van der Waals surface area contributed by atoms with Crippen molar-refractivity contribution in [2.45, 2.75) is 52.1 Å². The van der Waals surface area contributed by atoms with Crippen LogP contribution in [0.3, 0.4) is 0 Å². The molecule has 0 spiro atoms. The smallest absolute Gasteiger partial charge is 0.260 e. The zero-order valence-corrected chi connectivity index (χ0v) is 15.9. The third-order valence-corrected chi connectivity index (χ3v) is 5.29. The fourth-order valence-corrected chi connectivity index (χ4v) is 3.65. The first-order valence-corrected chi connectivity index (χ1v) is 9.12. The van der Waals surface area contributed by atoms with Crippen molar-refractivity contribution in [3.8, 4) is 0 Å². The average molecular weight is 409 g/mol. The fourth-order valence-electron chi connectivity index (χ4n) is 3.11. The van der Waals surface area contributed by atoms with E-state index in [0.717, 1.165) is 12.8 Å². The van der Waals surface area contributed by atoms with Gasteiger partial charge in [-0.25, -0.2) is 0 Å². The highest BCUT2D eigenvalue weighted by atomic mass is 79.9. The van der Waals surface area contributed by atoms with Crippen LogP contribution in [0.2, 0.25) is 0 Å². The Morgan fingerprint density at radius 3 is 2.68 bits per heavy atom. The number of halogens is 1. The minimum absolute atomic E-state index is 0.0584. The van der Waals surface area contributed by atoms with Gasteiger partial charge in [0.15, 0.2) is 0 Å². The Labute approximate surface area is 154 Å². The van der Waals surface area contributed by atoms with Gasteiger partial charge in [0.25, 0.3) is 5.91 Å². The predicted octanol–water partition coefficient (Wildman–Crippen LogP) is 3.17. The Kier molecular flexibility index (Phi) is 5.27. The molecule has 3 rings (SSSR count). The number of carbonyl (C=O) groups is 2. The average Bonchev–Trinajstić information content (AvgIpc) is 3.23. The lowest BCUT2D eigenvalue weighted by Gasteiger charge is -2.11. The number of aromatic nitrogens is 2. The number of carbonyl (C=O) groups excluding carboxylic acids is 2. The number of furan rings is 1. The highest BCUT2D eigenvalue weighted by Crippen LogP contribution is 2.28. The van der Waals surface area contributed by atoms with Gasteiger partial charge < -0.3 is 15.1 Å². The molecule has 25 heavy (non-hydrogen) atoms. The summed E-state index contributed by atoms with van der Waals surface area (Å²) < 4.78 is 7.60. The molecule has 0 aliphatic heterocycles. The van der Waals surface area contributed by atoms with E-state index in [4.69, 9.17) is 4.42 Å². The van der Waals surface area contributed by atoms with E-state index >= 15 is 0 Å². The summed E-state index contributed by atoms with van der Waals surface area (Å²) in [4.78, 5) is 24.4. The number of amides is 2. The molecule has 2 aromatic rings. The number of aryl methyl sites for hydroxylation is 2. The summed E-state index contributed by atoms with van der Waals surface area (Å²) in [6.07, 6.45) is 7.60. The Bertz CT molecular complexity index is 790. The monoisotopic (exact) mass is 408 g/mol. The first-order valence-electron chi connectivity index (χ1n) is 8.32. The zero-order valence-electron chi connectivity index (χ0n) is 14.3. The van der Waals surface area contributed by atoms with Crippen LogP contribution in [-0.2, 0) is 11.3 Å². The summed E-state index contributed by atoms with van der Waals surface area (Å²) in [6.45, 7) is 3.66. The third-order valence-electron chi connectivity index (χ3n) is 4.33. The summed E-state index contributed by atoms with van der Waals surface area (Å²) in [6, 6.07) is 0.284. The van der Waals surface area contributed by atoms with Gasteiger partial charge in [0, 0.05) is 12.2 Å². The molecule has 0 atom stereocenters. The third kappa shape index (κ3) is 4.12. The van der Waals surface area contributed by atoms with Gasteiger partial charge in [0.2, 0.25) is 5.91 Å². The molecule has 1 fully saturated rings. The van der Waals surface area contributed by atoms with E-state index in [1.165, 1.54) is 23.7 Å². The second kappa shape index (κ2) is 7.43. The van der Waals surface area contributed by atoms with Crippen molar-refractivity contribution in [1.29, 1.82) is 0 Å². The van der Waals surface area contributed by atoms with Crippen molar-refractivity contribution >= 4 is 33.4 Å². The Hall–Kier alpha value is -2.09. The number of anilines is 1. The molecule has 2 N–H and O–H groups in total. The standard InChI is InChI=1S/C17H21BrN4O3/c1-10-15(16(18)11(2)25-10)17(24)21-13-7-19-22(8-13)9-14(23)20-12-5-3-4-6-12/h7-8,12H,3-6,9H2,1-2H3,(H,20,23)(H,21,24). The van der Waals surface area contributed by atoms with Crippen molar-refractivity contribution in [2.75, 3.05) is 5.32 Å². The number of hydrogen-bond donors (Lipinski definition) is 2. The molecular weight excluding hydrogens is 388 g/mol. The SMILES string of the molecule is Cc1oc(C)c(C(=O)Nc2cnn(CC(=O)NC3CCCC3)c2)c1Br. The Morgan fingerprint density at radius 1 is 1.32 bits per heavy atom. The van der Waals surface area contributed by atoms with E-state index in [1.54, 1.807) is 20.0 Å². The van der Waals surface area contributed by atoms with Crippen molar-refractivity contribution in [2.24, 2.45) is 0 Å².